The summed E-state index contributed by atoms with van der Waals surface area (Å²) in [6.07, 6.45) is 4.91. The largest absolute Gasteiger partial charge is 0.461 e. The number of nitrogens with zero attached hydrogens (tertiary/aromatic N) is 4. The van der Waals surface area contributed by atoms with E-state index in [2.05, 4.69) is 10.1 Å². The topological polar surface area (TPSA) is 61.1 Å². The summed E-state index contributed by atoms with van der Waals surface area (Å²) >= 11 is 0. The summed E-state index contributed by atoms with van der Waals surface area (Å²) in [4.78, 5) is 15.8. The third-order valence-corrected chi connectivity index (χ3v) is 2.75. The van der Waals surface area contributed by atoms with Crippen LogP contribution in [-0.4, -0.2) is 27.8 Å². The first-order valence-corrected chi connectivity index (χ1v) is 5.69. The Morgan fingerprint density at radius 1 is 1.32 bits per heavy atom. The normalized spacial score (nSPS) is 10.6. The van der Waals surface area contributed by atoms with Gasteiger partial charge in [-0.05, 0) is 12.1 Å². The van der Waals surface area contributed by atoms with Crippen molar-refractivity contribution in [3.8, 4) is 5.69 Å². The molecular formula is C13H11N4O2+. The lowest BCUT2D eigenvalue weighted by molar-refractivity contribution is -0.516. The summed E-state index contributed by atoms with van der Waals surface area (Å²) in [6.45, 7) is 0. The molecule has 94 valence electrons. The summed E-state index contributed by atoms with van der Waals surface area (Å²) in [6, 6.07) is 9.54. The van der Waals surface area contributed by atoms with Gasteiger partial charge in [0, 0.05) is 0 Å². The third kappa shape index (κ3) is 1.83. The van der Waals surface area contributed by atoms with Crippen LogP contribution >= 0.6 is 0 Å². The van der Waals surface area contributed by atoms with Crippen LogP contribution in [-0.2, 0) is 4.74 Å². The van der Waals surface area contributed by atoms with Crippen LogP contribution in [0.4, 0.5) is 0 Å². The van der Waals surface area contributed by atoms with Gasteiger partial charge in [0.15, 0.2) is 0 Å². The van der Waals surface area contributed by atoms with E-state index in [0.717, 1.165) is 5.69 Å². The monoisotopic (exact) mass is 255 g/mol. The molecule has 1 aromatic carbocycles. The van der Waals surface area contributed by atoms with Crippen LogP contribution in [0, 0.1) is 0 Å². The molecule has 0 N–H and O–H groups in total. The smallest absolute Gasteiger partial charge is 0.412 e. The van der Waals surface area contributed by atoms with Crippen molar-refractivity contribution in [2.75, 3.05) is 7.11 Å². The van der Waals surface area contributed by atoms with Crippen LogP contribution in [0.5, 0.6) is 0 Å². The zero-order chi connectivity index (χ0) is 13.2. The van der Waals surface area contributed by atoms with Gasteiger partial charge in [-0.25, -0.2) is 4.79 Å². The van der Waals surface area contributed by atoms with Gasteiger partial charge in [-0.3, -0.25) is 4.98 Å². The van der Waals surface area contributed by atoms with Crippen LogP contribution in [0.3, 0.4) is 0 Å². The number of para-hydroxylation sites is 1. The number of hydrogen-bond acceptors (Lipinski definition) is 4. The molecule has 0 spiro atoms. The van der Waals surface area contributed by atoms with Crippen molar-refractivity contribution in [3.63, 3.8) is 0 Å². The number of hydrogen-bond donors (Lipinski definition) is 0. The van der Waals surface area contributed by atoms with Gasteiger partial charge >= 0.3 is 11.8 Å². The van der Waals surface area contributed by atoms with Crippen molar-refractivity contribution in [2.45, 2.75) is 0 Å². The summed E-state index contributed by atoms with van der Waals surface area (Å²) in [5, 5.41) is 4.30. The number of carbonyl (C=O) groups is 1. The molecule has 19 heavy (non-hydrogen) atoms. The van der Waals surface area contributed by atoms with Gasteiger partial charge in [-0.2, -0.15) is 4.40 Å². The number of aromatic nitrogens is 4. The van der Waals surface area contributed by atoms with E-state index < -0.39 is 5.97 Å². The molecule has 0 saturated heterocycles. The Hall–Kier alpha value is -2.76. The molecule has 0 radical (unpaired) electrons. The number of carbonyl (C=O) groups excluding carboxylic acids is 1. The van der Waals surface area contributed by atoms with Crippen LogP contribution in [0.15, 0.2) is 48.9 Å². The fourth-order valence-corrected chi connectivity index (χ4v) is 1.87. The van der Waals surface area contributed by atoms with E-state index in [-0.39, 0.29) is 5.82 Å². The number of ether oxygens (including phenoxy) is 1. The molecule has 0 amide bonds. The van der Waals surface area contributed by atoms with Gasteiger partial charge in [-0.15, -0.1) is 0 Å². The highest BCUT2D eigenvalue weighted by Gasteiger charge is 2.27. The molecule has 0 saturated carbocycles. The van der Waals surface area contributed by atoms with Crippen molar-refractivity contribution in [2.24, 2.45) is 0 Å². The van der Waals surface area contributed by atoms with Crippen molar-refractivity contribution in [1.29, 1.82) is 0 Å². The zero-order valence-electron chi connectivity index (χ0n) is 10.2. The highest BCUT2D eigenvalue weighted by Crippen LogP contribution is 2.09. The minimum Gasteiger partial charge on any atom is -0.461 e. The van der Waals surface area contributed by atoms with Crippen molar-refractivity contribution >= 4 is 11.6 Å². The summed E-state index contributed by atoms with van der Waals surface area (Å²) in [5.41, 5.74) is 1.54. The van der Waals surface area contributed by atoms with E-state index >= 15 is 0 Å². The Bertz CT molecular complexity index is 737. The summed E-state index contributed by atoms with van der Waals surface area (Å²) in [5.74, 6) is -0.278. The lowest BCUT2D eigenvalue weighted by Crippen LogP contribution is -2.28. The Morgan fingerprint density at radius 3 is 2.84 bits per heavy atom. The zero-order valence-corrected chi connectivity index (χ0v) is 10.2. The minimum atomic E-state index is -0.490. The first-order chi connectivity index (χ1) is 9.31. The molecule has 2 aromatic heterocycles. The van der Waals surface area contributed by atoms with Gasteiger partial charge in [-0.1, -0.05) is 22.9 Å². The average molecular weight is 255 g/mol. The molecule has 3 aromatic rings. The quantitative estimate of drug-likeness (QED) is 0.502. The maximum absolute atomic E-state index is 11.7. The van der Waals surface area contributed by atoms with E-state index in [9.17, 15) is 4.79 Å². The number of rotatable bonds is 2. The molecule has 3 rings (SSSR count). The molecule has 0 aliphatic carbocycles. The second-order valence-corrected chi connectivity index (χ2v) is 3.87. The molecule has 2 heterocycles. The van der Waals surface area contributed by atoms with Gasteiger partial charge < -0.3 is 4.74 Å². The summed E-state index contributed by atoms with van der Waals surface area (Å²) < 4.78 is 8.03. The average Bonchev–Trinajstić information content (AvgIpc) is 2.87. The lowest BCUT2D eigenvalue weighted by atomic mass is 10.3. The van der Waals surface area contributed by atoms with Crippen LogP contribution < -0.4 is 4.40 Å². The molecule has 0 atom stereocenters. The standard InChI is InChI=1S/C13H11N4O2/c1-19-13(18)12-15-17(10-5-3-2-4-6-10)11-9-14-7-8-16(11)12/h2-9H,1H3/q+1. The lowest BCUT2D eigenvalue weighted by Gasteiger charge is -1.92. The van der Waals surface area contributed by atoms with Gasteiger partial charge in [0.2, 0.25) is 0 Å². The molecule has 0 unspecified atom stereocenters. The number of benzene rings is 1. The molecular weight excluding hydrogens is 244 g/mol. The van der Waals surface area contributed by atoms with Crippen molar-refractivity contribution < 1.29 is 13.9 Å². The molecule has 6 heteroatoms. The van der Waals surface area contributed by atoms with E-state index in [1.807, 2.05) is 30.3 Å². The molecule has 0 aliphatic heterocycles. The second kappa shape index (κ2) is 4.49. The molecule has 6 nitrogen and oxygen atoms in total. The number of esters is 1. The SMILES string of the molecule is COC(=O)c1nn(-c2ccccc2)c2cncc[n+]12. The Labute approximate surface area is 108 Å². The number of methoxy groups -OCH3 is 1. The first-order valence-electron chi connectivity index (χ1n) is 5.69. The van der Waals surface area contributed by atoms with Gasteiger partial charge in [0.1, 0.15) is 11.9 Å². The van der Waals surface area contributed by atoms with Crippen LogP contribution in [0.1, 0.15) is 10.6 Å². The predicted molar refractivity (Wildman–Crippen MR) is 65.9 cm³/mol. The van der Waals surface area contributed by atoms with Gasteiger partial charge in [0.05, 0.1) is 24.6 Å². The van der Waals surface area contributed by atoms with Gasteiger partial charge in [0.25, 0.3) is 5.65 Å². The Kier molecular flexibility index (Phi) is 2.68. The molecule has 0 fully saturated rings. The van der Waals surface area contributed by atoms with E-state index in [4.69, 9.17) is 4.74 Å². The van der Waals surface area contributed by atoms with E-state index in [1.54, 1.807) is 27.7 Å². The Balaban J connectivity index is 2.29. The highest BCUT2D eigenvalue weighted by molar-refractivity contribution is 5.83. The first kappa shape index (κ1) is 11.3. The maximum atomic E-state index is 11.7. The van der Waals surface area contributed by atoms with E-state index in [1.165, 1.54) is 7.11 Å². The fourth-order valence-electron chi connectivity index (χ4n) is 1.87. The molecule has 0 bridgehead atoms. The minimum absolute atomic E-state index is 0.212. The molecule has 0 aliphatic rings. The van der Waals surface area contributed by atoms with Crippen LogP contribution in [0.2, 0.25) is 0 Å². The van der Waals surface area contributed by atoms with Crippen LogP contribution in [0.25, 0.3) is 11.3 Å². The highest BCUT2D eigenvalue weighted by atomic mass is 16.5. The predicted octanol–water partition coefficient (Wildman–Crippen LogP) is 0.793. The summed E-state index contributed by atoms with van der Waals surface area (Å²) in [7, 11) is 1.33. The van der Waals surface area contributed by atoms with E-state index in [0.29, 0.717) is 5.65 Å². The third-order valence-electron chi connectivity index (χ3n) is 2.75. The fraction of sp³-hybridized carbons (Fsp3) is 0.0769. The second-order valence-electron chi connectivity index (χ2n) is 3.87. The Morgan fingerprint density at radius 2 is 2.11 bits per heavy atom. The maximum Gasteiger partial charge on any atom is 0.412 e. The number of fused-ring (bicyclic) bond motifs is 1. The van der Waals surface area contributed by atoms with Crippen molar-refractivity contribution in [3.05, 3.63) is 54.7 Å². The van der Waals surface area contributed by atoms with Crippen molar-refractivity contribution in [1.82, 2.24) is 14.8 Å².